The molecule has 190 valence electrons. The van der Waals surface area contributed by atoms with E-state index in [2.05, 4.69) is 16.0 Å². The number of amides is 6. The maximum Gasteiger partial charge on any atom is 0.328 e. The average molecular weight is 499 g/mol. The van der Waals surface area contributed by atoms with Gasteiger partial charge in [0.2, 0.25) is 5.91 Å². The molecule has 3 rings (SSSR count). The monoisotopic (exact) mass is 499 g/mol. The third-order valence-electron chi connectivity index (χ3n) is 5.54. The number of nitrogens with zero attached hydrogens (tertiary/aromatic N) is 2. The smallest absolute Gasteiger partial charge is 0.328 e. The molecule has 1 saturated heterocycles. The molecule has 0 aliphatic carbocycles. The Labute approximate surface area is 206 Å². The Morgan fingerprint density at radius 2 is 1.67 bits per heavy atom. The number of imide groups is 1. The first-order chi connectivity index (χ1) is 17.0. The first-order valence-corrected chi connectivity index (χ1v) is 11.0. The van der Waals surface area contributed by atoms with Crippen LogP contribution < -0.4 is 16.0 Å². The lowest BCUT2D eigenvalue weighted by Gasteiger charge is -2.27. The van der Waals surface area contributed by atoms with E-state index in [9.17, 15) is 28.4 Å². The number of anilines is 2. The number of para-hydroxylation sites is 1. The molecule has 1 heterocycles. The Morgan fingerprint density at radius 3 is 2.31 bits per heavy atom. The normalized spacial score (nSPS) is 14.5. The average Bonchev–Trinajstić information content (AvgIpc) is 2.96. The van der Waals surface area contributed by atoms with E-state index in [1.54, 1.807) is 44.2 Å². The number of benzene rings is 2. The number of aliphatic carboxylic acids is 1. The van der Waals surface area contributed by atoms with Gasteiger partial charge < -0.3 is 26.0 Å². The first kappa shape index (κ1) is 26.1. The standard InChI is InChI=1S/C24H26FN5O6/c1-24(2)21(34)29(14-19(31)26-12-11-20(32)33)23(36)30(24)13-15-7-9-16(10-8-15)27-22(35)28-18-6-4-3-5-17(18)25/h3-10H,11-14H2,1-2H3,(H,26,31)(H,32,33)(H2,27,28,35). The van der Waals surface area contributed by atoms with Gasteiger partial charge in [0, 0.05) is 18.8 Å². The van der Waals surface area contributed by atoms with Crippen molar-refractivity contribution in [3.05, 3.63) is 59.9 Å². The van der Waals surface area contributed by atoms with Crippen LogP contribution in [0.25, 0.3) is 0 Å². The van der Waals surface area contributed by atoms with Crippen LogP contribution in [-0.2, 0) is 20.9 Å². The molecule has 0 unspecified atom stereocenters. The van der Waals surface area contributed by atoms with Gasteiger partial charge in [0.25, 0.3) is 5.91 Å². The molecule has 4 N–H and O–H groups in total. The molecule has 0 atom stereocenters. The van der Waals surface area contributed by atoms with Crippen molar-refractivity contribution in [2.45, 2.75) is 32.4 Å². The zero-order valence-corrected chi connectivity index (χ0v) is 19.7. The van der Waals surface area contributed by atoms with E-state index in [-0.39, 0.29) is 25.2 Å². The lowest BCUT2D eigenvalue weighted by Crippen LogP contribution is -2.44. The highest BCUT2D eigenvalue weighted by Gasteiger charge is 2.51. The van der Waals surface area contributed by atoms with E-state index in [4.69, 9.17) is 5.11 Å². The van der Waals surface area contributed by atoms with Gasteiger partial charge in [-0.05, 0) is 43.7 Å². The van der Waals surface area contributed by atoms with Crippen LogP contribution in [0.1, 0.15) is 25.8 Å². The second kappa shape index (κ2) is 10.8. The first-order valence-electron chi connectivity index (χ1n) is 11.0. The lowest BCUT2D eigenvalue weighted by molar-refractivity contribution is -0.137. The molecule has 0 aromatic heterocycles. The SMILES string of the molecule is CC1(C)C(=O)N(CC(=O)NCCC(=O)O)C(=O)N1Cc1ccc(NC(=O)Nc2ccccc2F)cc1. The molecule has 12 heteroatoms. The van der Waals surface area contributed by atoms with Gasteiger partial charge in [0.05, 0.1) is 12.1 Å². The molecule has 1 aliphatic heterocycles. The quantitative estimate of drug-likeness (QED) is 0.390. The molecule has 0 saturated carbocycles. The number of carboxylic acids is 1. The van der Waals surface area contributed by atoms with Crippen molar-refractivity contribution in [2.75, 3.05) is 23.7 Å². The van der Waals surface area contributed by atoms with Crippen molar-refractivity contribution in [3.8, 4) is 0 Å². The van der Waals surface area contributed by atoms with Gasteiger partial charge in [-0.1, -0.05) is 24.3 Å². The van der Waals surface area contributed by atoms with Crippen molar-refractivity contribution in [1.82, 2.24) is 15.1 Å². The highest BCUT2D eigenvalue weighted by molar-refractivity contribution is 6.08. The van der Waals surface area contributed by atoms with Crippen LogP contribution >= 0.6 is 0 Å². The van der Waals surface area contributed by atoms with Gasteiger partial charge in [0.15, 0.2) is 0 Å². The molecule has 0 spiro atoms. The fourth-order valence-electron chi connectivity index (χ4n) is 3.55. The van der Waals surface area contributed by atoms with E-state index in [1.807, 2.05) is 0 Å². The Balaban J connectivity index is 1.60. The van der Waals surface area contributed by atoms with Crippen LogP contribution in [-0.4, -0.2) is 63.4 Å². The maximum atomic E-state index is 13.7. The summed E-state index contributed by atoms with van der Waals surface area (Å²) in [5.74, 6) is -2.84. The van der Waals surface area contributed by atoms with Crippen molar-refractivity contribution >= 4 is 41.2 Å². The third-order valence-corrected chi connectivity index (χ3v) is 5.54. The fourth-order valence-corrected chi connectivity index (χ4v) is 3.55. The van der Waals surface area contributed by atoms with Crippen molar-refractivity contribution < 1.29 is 33.5 Å². The maximum absolute atomic E-state index is 13.7. The number of rotatable bonds is 9. The number of urea groups is 2. The van der Waals surface area contributed by atoms with E-state index < -0.39 is 47.7 Å². The second-order valence-electron chi connectivity index (χ2n) is 8.57. The van der Waals surface area contributed by atoms with Crippen LogP contribution in [0.4, 0.5) is 25.4 Å². The minimum Gasteiger partial charge on any atom is -0.481 e. The lowest BCUT2D eigenvalue weighted by atomic mass is 10.0. The number of carboxylic acid groups (broad SMARTS) is 1. The van der Waals surface area contributed by atoms with Crippen LogP contribution in [0.5, 0.6) is 0 Å². The highest BCUT2D eigenvalue weighted by atomic mass is 19.1. The van der Waals surface area contributed by atoms with E-state index in [0.717, 1.165) is 4.90 Å². The van der Waals surface area contributed by atoms with Gasteiger partial charge in [-0.25, -0.2) is 14.0 Å². The second-order valence-corrected chi connectivity index (χ2v) is 8.57. The summed E-state index contributed by atoms with van der Waals surface area (Å²) in [5, 5.41) is 16.0. The molecule has 0 bridgehead atoms. The predicted octanol–water partition coefficient (Wildman–Crippen LogP) is 2.60. The fraction of sp³-hybridized carbons (Fsp3) is 0.292. The molecular formula is C24H26FN5O6. The van der Waals surface area contributed by atoms with Gasteiger partial charge in [0.1, 0.15) is 17.9 Å². The van der Waals surface area contributed by atoms with E-state index in [1.165, 1.54) is 23.1 Å². The molecule has 1 aliphatic rings. The Kier molecular flexibility index (Phi) is 7.87. The van der Waals surface area contributed by atoms with Gasteiger partial charge in [-0.2, -0.15) is 0 Å². The predicted molar refractivity (Wildman–Crippen MR) is 127 cm³/mol. The summed E-state index contributed by atoms with van der Waals surface area (Å²) >= 11 is 0. The van der Waals surface area contributed by atoms with Gasteiger partial charge in [-0.15, -0.1) is 0 Å². The zero-order valence-electron chi connectivity index (χ0n) is 19.7. The summed E-state index contributed by atoms with van der Waals surface area (Å²) in [4.78, 5) is 62.7. The topological polar surface area (TPSA) is 148 Å². The van der Waals surface area contributed by atoms with E-state index >= 15 is 0 Å². The Morgan fingerprint density at radius 1 is 1.00 bits per heavy atom. The molecule has 11 nitrogen and oxygen atoms in total. The molecule has 6 amide bonds. The number of carbonyl (C=O) groups excluding carboxylic acids is 4. The minimum atomic E-state index is -1.21. The molecule has 0 radical (unpaired) electrons. The molecular weight excluding hydrogens is 473 g/mol. The highest BCUT2D eigenvalue weighted by Crippen LogP contribution is 2.29. The number of halogens is 1. The largest absolute Gasteiger partial charge is 0.481 e. The Hall–Kier alpha value is -4.48. The summed E-state index contributed by atoms with van der Waals surface area (Å²) in [5.41, 5.74) is -0.0896. The molecule has 1 fully saturated rings. The molecule has 2 aromatic carbocycles. The van der Waals surface area contributed by atoms with Crippen LogP contribution in [0.3, 0.4) is 0 Å². The summed E-state index contributed by atoms with van der Waals surface area (Å²) < 4.78 is 13.7. The Bertz CT molecular complexity index is 1180. The zero-order chi connectivity index (χ0) is 26.5. The number of carbonyl (C=O) groups is 5. The van der Waals surface area contributed by atoms with Gasteiger partial charge in [-0.3, -0.25) is 19.3 Å². The third kappa shape index (κ3) is 6.14. The number of nitrogens with one attached hydrogen (secondary N) is 3. The van der Waals surface area contributed by atoms with Crippen molar-refractivity contribution in [3.63, 3.8) is 0 Å². The number of hydrogen-bond donors (Lipinski definition) is 4. The van der Waals surface area contributed by atoms with Crippen LogP contribution in [0.15, 0.2) is 48.5 Å². The summed E-state index contributed by atoms with van der Waals surface area (Å²) in [6.45, 7) is 2.57. The van der Waals surface area contributed by atoms with Crippen molar-refractivity contribution in [1.29, 1.82) is 0 Å². The minimum absolute atomic E-state index is 0.0335. The van der Waals surface area contributed by atoms with Gasteiger partial charge >= 0.3 is 18.0 Å². The summed E-state index contributed by atoms with van der Waals surface area (Å²) in [6.07, 6.45) is -0.277. The summed E-state index contributed by atoms with van der Waals surface area (Å²) in [7, 11) is 0. The molecule has 2 aromatic rings. The van der Waals surface area contributed by atoms with E-state index in [0.29, 0.717) is 11.3 Å². The molecule has 36 heavy (non-hydrogen) atoms. The summed E-state index contributed by atoms with van der Waals surface area (Å²) in [6, 6.07) is 11.0. The van der Waals surface area contributed by atoms with Crippen LogP contribution in [0, 0.1) is 5.82 Å². The number of hydrogen-bond acceptors (Lipinski definition) is 5. The van der Waals surface area contributed by atoms with Crippen molar-refractivity contribution in [2.24, 2.45) is 0 Å². The van der Waals surface area contributed by atoms with Crippen LogP contribution in [0.2, 0.25) is 0 Å².